The lowest BCUT2D eigenvalue weighted by molar-refractivity contribution is 0.0588. The number of anilines is 2. The van der Waals surface area contributed by atoms with Crippen molar-refractivity contribution in [2.75, 3.05) is 17.7 Å². The van der Waals surface area contributed by atoms with Crippen molar-refractivity contribution in [1.82, 2.24) is 0 Å². The van der Waals surface area contributed by atoms with Crippen LogP contribution in [0.2, 0.25) is 0 Å². The van der Waals surface area contributed by atoms with Crippen LogP contribution in [0.25, 0.3) is 11.1 Å². The normalized spacial score (nSPS) is 11.0. The van der Waals surface area contributed by atoms with Crippen LogP contribution in [-0.4, -0.2) is 29.8 Å². The van der Waals surface area contributed by atoms with E-state index in [9.17, 15) is 9.59 Å². The van der Waals surface area contributed by atoms with Crippen molar-refractivity contribution in [1.29, 1.82) is 0 Å². The monoisotopic (exact) mass is 342 g/mol. The molecule has 2 aromatic rings. The minimum Gasteiger partial charge on any atom is -0.478 e. The molecule has 0 saturated carbocycles. The molecule has 2 aromatic carbocycles. The number of hydrogen-bond acceptors (Lipinski definition) is 4. The van der Waals surface area contributed by atoms with E-state index in [1.807, 2.05) is 18.2 Å². The maximum Gasteiger partial charge on any atom is 0.414 e. The highest BCUT2D eigenvalue weighted by Crippen LogP contribution is 2.32. The maximum absolute atomic E-state index is 12.4. The van der Waals surface area contributed by atoms with Crippen LogP contribution >= 0.6 is 0 Å². The van der Waals surface area contributed by atoms with E-state index in [2.05, 4.69) is 0 Å². The summed E-state index contributed by atoms with van der Waals surface area (Å²) in [5.74, 6) is -1.08. The molecule has 0 fully saturated rings. The third kappa shape index (κ3) is 4.29. The van der Waals surface area contributed by atoms with Gasteiger partial charge in [0.1, 0.15) is 5.60 Å². The van der Waals surface area contributed by atoms with Crippen LogP contribution in [-0.2, 0) is 4.74 Å². The Morgan fingerprint density at radius 3 is 2.32 bits per heavy atom. The average molecular weight is 342 g/mol. The molecule has 6 nitrogen and oxygen atoms in total. The summed E-state index contributed by atoms with van der Waals surface area (Å²) in [6, 6.07) is 12.0. The third-order valence-electron chi connectivity index (χ3n) is 3.53. The van der Waals surface area contributed by atoms with E-state index in [0.717, 1.165) is 5.56 Å². The van der Waals surface area contributed by atoms with E-state index in [1.54, 1.807) is 46.0 Å². The van der Waals surface area contributed by atoms with Gasteiger partial charge < -0.3 is 15.6 Å². The number of nitrogens with two attached hydrogens (primary N) is 1. The highest BCUT2D eigenvalue weighted by molar-refractivity contribution is 5.97. The van der Waals surface area contributed by atoms with Gasteiger partial charge in [0.2, 0.25) is 0 Å². The molecular formula is C19H22N2O4. The summed E-state index contributed by atoms with van der Waals surface area (Å²) in [7, 11) is 1.63. The highest BCUT2D eigenvalue weighted by Gasteiger charge is 2.22. The van der Waals surface area contributed by atoms with Crippen LogP contribution in [0.3, 0.4) is 0 Å². The predicted molar refractivity (Wildman–Crippen MR) is 97.9 cm³/mol. The van der Waals surface area contributed by atoms with Gasteiger partial charge in [0.25, 0.3) is 0 Å². The van der Waals surface area contributed by atoms with E-state index in [1.165, 1.54) is 11.0 Å². The Morgan fingerprint density at radius 2 is 1.76 bits per heavy atom. The van der Waals surface area contributed by atoms with E-state index in [-0.39, 0.29) is 11.3 Å². The number of para-hydroxylation sites is 1. The van der Waals surface area contributed by atoms with Crippen LogP contribution < -0.4 is 10.6 Å². The second-order valence-corrected chi connectivity index (χ2v) is 6.66. The van der Waals surface area contributed by atoms with Gasteiger partial charge in [-0.25, -0.2) is 9.59 Å². The lowest BCUT2D eigenvalue weighted by Crippen LogP contribution is -2.34. The molecule has 132 valence electrons. The third-order valence-corrected chi connectivity index (χ3v) is 3.53. The number of benzene rings is 2. The van der Waals surface area contributed by atoms with Crippen LogP contribution in [0.5, 0.6) is 0 Å². The number of amides is 1. The summed E-state index contributed by atoms with van der Waals surface area (Å²) in [5.41, 5.74) is 7.55. The SMILES string of the molecule is CN(C(=O)OC(C)(C)C)c1ccccc1-c1ccc(C(=O)O)c(N)c1. The average Bonchev–Trinajstić information content (AvgIpc) is 2.52. The molecule has 0 heterocycles. The molecule has 0 saturated heterocycles. The van der Waals surface area contributed by atoms with Gasteiger partial charge in [0.15, 0.2) is 0 Å². The number of nitrogen functional groups attached to an aromatic ring is 1. The highest BCUT2D eigenvalue weighted by atomic mass is 16.6. The van der Waals surface area contributed by atoms with Crippen molar-refractivity contribution in [3.05, 3.63) is 48.0 Å². The van der Waals surface area contributed by atoms with Crippen molar-refractivity contribution >= 4 is 23.4 Å². The first-order valence-corrected chi connectivity index (χ1v) is 7.79. The minimum absolute atomic E-state index is 0.0433. The Kier molecular flexibility index (Phi) is 5.02. The quantitative estimate of drug-likeness (QED) is 0.822. The van der Waals surface area contributed by atoms with Gasteiger partial charge in [0.05, 0.1) is 11.3 Å². The second kappa shape index (κ2) is 6.84. The molecular weight excluding hydrogens is 320 g/mol. The van der Waals surface area contributed by atoms with Crippen molar-refractivity contribution in [2.45, 2.75) is 26.4 Å². The Morgan fingerprint density at radius 1 is 1.12 bits per heavy atom. The molecule has 0 aliphatic carbocycles. The summed E-state index contributed by atoms with van der Waals surface area (Å²) in [5, 5.41) is 9.10. The molecule has 0 unspecified atom stereocenters. The first-order chi connectivity index (χ1) is 11.6. The number of aromatic carboxylic acids is 1. The van der Waals surface area contributed by atoms with Gasteiger partial charge in [-0.3, -0.25) is 4.90 Å². The summed E-state index contributed by atoms with van der Waals surface area (Å²) in [6.07, 6.45) is -0.477. The predicted octanol–water partition coefficient (Wildman–Crippen LogP) is 4.01. The van der Waals surface area contributed by atoms with Crippen LogP contribution in [0.15, 0.2) is 42.5 Å². The first-order valence-electron chi connectivity index (χ1n) is 7.79. The van der Waals surface area contributed by atoms with Crippen molar-refractivity contribution < 1.29 is 19.4 Å². The van der Waals surface area contributed by atoms with Crippen LogP contribution in [0.1, 0.15) is 31.1 Å². The topological polar surface area (TPSA) is 92.9 Å². The standard InChI is InChI=1S/C19H22N2O4/c1-19(2,3)25-18(24)21(4)16-8-6-5-7-13(16)12-9-10-14(17(22)23)15(20)11-12/h5-11H,20H2,1-4H3,(H,22,23). The van der Waals surface area contributed by atoms with Crippen LogP contribution in [0, 0.1) is 0 Å². The summed E-state index contributed by atoms with van der Waals surface area (Å²) in [6.45, 7) is 5.40. The number of hydrogen-bond donors (Lipinski definition) is 2. The Bertz CT molecular complexity index is 809. The number of rotatable bonds is 3. The molecule has 1 amide bonds. The Labute approximate surface area is 146 Å². The summed E-state index contributed by atoms with van der Waals surface area (Å²) in [4.78, 5) is 24.9. The maximum atomic E-state index is 12.4. The van der Waals surface area contributed by atoms with E-state index >= 15 is 0 Å². The van der Waals surface area contributed by atoms with Gasteiger partial charge in [-0.15, -0.1) is 0 Å². The summed E-state index contributed by atoms with van der Waals surface area (Å²) >= 11 is 0. The molecule has 0 radical (unpaired) electrons. The van der Waals surface area contributed by atoms with Crippen molar-refractivity contribution in [3.63, 3.8) is 0 Å². The fourth-order valence-electron chi connectivity index (χ4n) is 2.36. The molecule has 0 aromatic heterocycles. The number of carbonyl (C=O) groups excluding carboxylic acids is 1. The fourth-order valence-corrected chi connectivity index (χ4v) is 2.36. The smallest absolute Gasteiger partial charge is 0.414 e. The number of carboxylic acid groups (broad SMARTS) is 1. The number of carboxylic acids is 1. The van der Waals surface area contributed by atoms with Crippen molar-refractivity contribution in [2.24, 2.45) is 0 Å². The molecule has 25 heavy (non-hydrogen) atoms. The summed E-state index contributed by atoms with van der Waals surface area (Å²) < 4.78 is 5.40. The second-order valence-electron chi connectivity index (χ2n) is 6.66. The Balaban J connectivity index is 2.43. The first kappa shape index (κ1) is 18.3. The van der Waals surface area contributed by atoms with Crippen LogP contribution in [0.4, 0.5) is 16.2 Å². The zero-order valence-corrected chi connectivity index (χ0v) is 14.7. The fraction of sp³-hybridized carbons (Fsp3) is 0.263. The van der Waals surface area contributed by atoms with E-state index < -0.39 is 17.7 Å². The lowest BCUT2D eigenvalue weighted by Gasteiger charge is -2.26. The molecule has 0 bridgehead atoms. The molecule has 3 N–H and O–H groups in total. The molecule has 0 aliphatic heterocycles. The van der Waals surface area contributed by atoms with Gasteiger partial charge >= 0.3 is 12.1 Å². The largest absolute Gasteiger partial charge is 0.478 e. The molecule has 0 aliphatic rings. The molecule has 2 rings (SSSR count). The number of nitrogens with zero attached hydrogens (tertiary/aromatic N) is 1. The molecule has 0 atom stereocenters. The zero-order chi connectivity index (χ0) is 18.8. The van der Waals surface area contributed by atoms with Crippen molar-refractivity contribution in [3.8, 4) is 11.1 Å². The minimum atomic E-state index is -1.08. The molecule has 0 spiro atoms. The van der Waals surface area contributed by atoms with Gasteiger partial charge in [0, 0.05) is 18.3 Å². The zero-order valence-electron chi connectivity index (χ0n) is 14.7. The van der Waals surface area contributed by atoms with Gasteiger partial charge in [-0.1, -0.05) is 24.3 Å². The Hall–Kier alpha value is -3.02. The van der Waals surface area contributed by atoms with Gasteiger partial charge in [-0.2, -0.15) is 0 Å². The molecule has 6 heteroatoms. The number of ether oxygens (including phenoxy) is 1. The van der Waals surface area contributed by atoms with E-state index in [4.69, 9.17) is 15.6 Å². The number of carbonyl (C=O) groups is 2. The van der Waals surface area contributed by atoms with Gasteiger partial charge in [-0.05, 0) is 44.5 Å². The lowest BCUT2D eigenvalue weighted by atomic mass is 10.0. The van der Waals surface area contributed by atoms with E-state index in [0.29, 0.717) is 11.3 Å².